The molecule has 1 N–H and O–H groups in total. The number of anilines is 1. The summed E-state index contributed by atoms with van der Waals surface area (Å²) in [5.74, 6) is -0.238. The molecule has 1 atom stereocenters. The van der Waals surface area contributed by atoms with E-state index in [2.05, 4.69) is 5.32 Å². The van der Waals surface area contributed by atoms with Gasteiger partial charge in [-0.1, -0.05) is 36.7 Å². The number of ether oxygens (including phenoxy) is 1. The number of sulfonamides is 1. The fourth-order valence-corrected chi connectivity index (χ4v) is 6.02. The van der Waals surface area contributed by atoms with Crippen LogP contribution in [0.4, 0.5) is 5.69 Å². The first-order valence-corrected chi connectivity index (χ1v) is 15.6. The minimum Gasteiger partial charge on any atom is -0.497 e. The predicted molar refractivity (Wildman–Crippen MR) is 167 cm³/mol. The van der Waals surface area contributed by atoms with Crippen LogP contribution in [0.15, 0.2) is 71.6 Å². The van der Waals surface area contributed by atoms with Gasteiger partial charge in [-0.05, 0) is 106 Å². The number of nitrogens with one attached hydrogen (secondary N) is 1. The van der Waals surface area contributed by atoms with Crippen LogP contribution >= 0.6 is 11.6 Å². The number of hydrogen-bond acceptors (Lipinski definition) is 5. The lowest BCUT2D eigenvalue weighted by Gasteiger charge is -2.35. The van der Waals surface area contributed by atoms with Gasteiger partial charge in [-0.25, -0.2) is 8.42 Å². The first-order chi connectivity index (χ1) is 19.7. The summed E-state index contributed by atoms with van der Waals surface area (Å²) in [4.78, 5) is 29.1. The third-order valence-corrected chi connectivity index (χ3v) is 8.87. The van der Waals surface area contributed by atoms with Crippen LogP contribution in [0.2, 0.25) is 5.02 Å². The molecule has 0 fully saturated rings. The number of nitrogens with zero attached hydrogens (tertiary/aromatic N) is 2. The highest BCUT2D eigenvalue weighted by Gasteiger charge is 2.34. The Morgan fingerprint density at radius 3 is 2.21 bits per heavy atom. The molecule has 0 aliphatic carbocycles. The molecule has 0 aromatic heterocycles. The summed E-state index contributed by atoms with van der Waals surface area (Å²) in [5.41, 5.74) is 2.41. The molecule has 0 radical (unpaired) electrons. The number of halogens is 1. The Balaban J connectivity index is 2.11. The molecule has 3 rings (SSSR count). The fraction of sp³-hybridized carbons (Fsp3) is 0.375. The quantitative estimate of drug-likeness (QED) is 0.291. The van der Waals surface area contributed by atoms with E-state index in [1.807, 2.05) is 53.7 Å². The highest BCUT2D eigenvalue weighted by Crippen LogP contribution is 2.28. The van der Waals surface area contributed by atoms with Gasteiger partial charge in [-0.2, -0.15) is 0 Å². The molecule has 0 saturated carbocycles. The van der Waals surface area contributed by atoms with Crippen LogP contribution in [0, 0.1) is 13.8 Å². The van der Waals surface area contributed by atoms with Gasteiger partial charge in [0.15, 0.2) is 0 Å². The van der Waals surface area contributed by atoms with Crippen LogP contribution in [0.25, 0.3) is 0 Å². The molecule has 0 bridgehead atoms. The summed E-state index contributed by atoms with van der Waals surface area (Å²) >= 11 is 6.03. The van der Waals surface area contributed by atoms with Crippen LogP contribution in [-0.2, 0) is 26.2 Å². The first-order valence-electron chi connectivity index (χ1n) is 13.8. The van der Waals surface area contributed by atoms with Gasteiger partial charge in [-0.3, -0.25) is 13.9 Å². The maximum absolute atomic E-state index is 14.2. The first kappa shape index (κ1) is 32.9. The standard InChI is InChI=1S/C32H40ClN3O5S/c1-8-29(31(38)34-32(4,5)6)35(20-24-10-9-11-27(19-24)41-7)30(37)21-36(26-15-12-22(2)23(3)18-26)42(39,40)28-16-13-25(33)14-17-28/h9-19,29H,8,20-21H2,1-7H3,(H,34,38)/t29-/m0/s1. The predicted octanol–water partition coefficient (Wildman–Crippen LogP) is 5.88. The number of carbonyl (C=O) groups excluding carboxylic acids is 2. The van der Waals surface area contributed by atoms with E-state index in [0.29, 0.717) is 22.9 Å². The van der Waals surface area contributed by atoms with Gasteiger partial charge in [0, 0.05) is 17.1 Å². The van der Waals surface area contributed by atoms with Crippen molar-refractivity contribution in [1.29, 1.82) is 0 Å². The number of aryl methyl sites for hydroxylation is 2. The van der Waals surface area contributed by atoms with Crippen LogP contribution < -0.4 is 14.4 Å². The fourth-order valence-electron chi connectivity index (χ4n) is 4.48. The van der Waals surface area contributed by atoms with Crippen molar-refractivity contribution >= 4 is 39.1 Å². The van der Waals surface area contributed by atoms with Crippen molar-refractivity contribution in [2.24, 2.45) is 0 Å². The molecule has 3 aromatic carbocycles. The number of benzene rings is 3. The van der Waals surface area contributed by atoms with E-state index in [1.54, 1.807) is 37.4 Å². The Kier molecular flexibility index (Phi) is 10.7. The van der Waals surface area contributed by atoms with Gasteiger partial charge in [0.05, 0.1) is 17.7 Å². The maximum Gasteiger partial charge on any atom is 0.264 e. The molecule has 226 valence electrons. The topological polar surface area (TPSA) is 96.0 Å². The van der Waals surface area contributed by atoms with E-state index in [4.69, 9.17) is 16.3 Å². The second-order valence-corrected chi connectivity index (χ2v) is 13.6. The number of amides is 2. The van der Waals surface area contributed by atoms with Gasteiger partial charge in [0.25, 0.3) is 10.0 Å². The SMILES string of the molecule is CC[C@@H](C(=O)NC(C)(C)C)N(Cc1cccc(OC)c1)C(=O)CN(c1ccc(C)c(C)c1)S(=O)(=O)c1ccc(Cl)cc1. The lowest BCUT2D eigenvalue weighted by Crippen LogP contribution is -2.55. The van der Waals surface area contributed by atoms with E-state index in [9.17, 15) is 18.0 Å². The Morgan fingerprint density at radius 1 is 0.976 bits per heavy atom. The molecular formula is C32H40ClN3O5S. The third-order valence-electron chi connectivity index (χ3n) is 6.83. The lowest BCUT2D eigenvalue weighted by atomic mass is 10.1. The minimum atomic E-state index is -4.19. The number of methoxy groups -OCH3 is 1. The maximum atomic E-state index is 14.2. The molecule has 0 aliphatic rings. The highest BCUT2D eigenvalue weighted by atomic mass is 35.5. The number of rotatable bonds is 11. The second kappa shape index (κ2) is 13.6. The monoisotopic (exact) mass is 613 g/mol. The molecule has 0 aliphatic heterocycles. The molecular weight excluding hydrogens is 574 g/mol. The summed E-state index contributed by atoms with van der Waals surface area (Å²) in [6, 6.07) is 17.4. The Bertz CT molecular complexity index is 1520. The average Bonchev–Trinajstić information content (AvgIpc) is 2.92. The summed E-state index contributed by atoms with van der Waals surface area (Å²) < 4.78 is 34.5. The Hall–Kier alpha value is -3.56. The van der Waals surface area contributed by atoms with Crippen molar-refractivity contribution in [3.63, 3.8) is 0 Å². The van der Waals surface area contributed by atoms with Crippen molar-refractivity contribution in [3.8, 4) is 5.75 Å². The summed E-state index contributed by atoms with van der Waals surface area (Å²) in [6.45, 7) is 10.8. The molecule has 2 amide bonds. The summed E-state index contributed by atoms with van der Waals surface area (Å²) in [5, 5.41) is 3.36. The van der Waals surface area contributed by atoms with Crippen LogP contribution in [0.1, 0.15) is 50.8 Å². The number of hydrogen-bond donors (Lipinski definition) is 1. The van der Waals surface area contributed by atoms with Crippen molar-refractivity contribution in [3.05, 3.63) is 88.4 Å². The van der Waals surface area contributed by atoms with E-state index < -0.39 is 34.1 Å². The van der Waals surface area contributed by atoms with Crippen molar-refractivity contribution in [1.82, 2.24) is 10.2 Å². The zero-order valence-electron chi connectivity index (χ0n) is 25.3. The zero-order chi connectivity index (χ0) is 31.2. The largest absolute Gasteiger partial charge is 0.497 e. The molecule has 8 nitrogen and oxygen atoms in total. The molecule has 0 spiro atoms. The molecule has 0 unspecified atom stereocenters. The summed E-state index contributed by atoms with van der Waals surface area (Å²) in [7, 11) is -2.64. The molecule has 0 saturated heterocycles. The van der Waals surface area contributed by atoms with Crippen LogP contribution in [0.5, 0.6) is 5.75 Å². The number of carbonyl (C=O) groups is 2. The molecule has 42 heavy (non-hydrogen) atoms. The van der Waals surface area contributed by atoms with Crippen molar-refractivity contribution in [2.45, 2.75) is 71.0 Å². The molecule has 3 aromatic rings. The average molecular weight is 614 g/mol. The molecule has 10 heteroatoms. The van der Waals surface area contributed by atoms with Gasteiger partial charge >= 0.3 is 0 Å². The van der Waals surface area contributed by atoms with Gasteiger partial charge < -0.3 is 15.0 Å². The zero-order valence-corrected chi connectivity index (χ0v) is 26.8. The lowest BCUT2D eigenvalue weighted by molar-refractivity contribution is -0.141. The second-order valence-electron chi connectivity index (χ2n) is 11.3. The van der Waals surface area contributed by atoms with E-state index in [-0.39, 0.29) is 17.3 Å². The van der Waals surface area contributed by atoms with Gasteiger partial charge in [-0.15, -0.1) is 0 Å². The smallest absolute Gasteiger partial charge is 0.264 e. The van der Waals surface area contributed by atoms with E-state index in [0.717, 1.165) is 21.0 Å². The van der Waals surface area contributed by atoms with Crippen molar-refractivity contribution < 1.29 is 22.7 Å². The highest BCUT2D eigenvalue weighted by molar-refractivity contribution is 7.92. The van der Waals surface area contributed by atoms with Crippen LogP contribution in [-0.4, -0.2) is 50.4 Å². The molecule has 0 heterocycles. The minimum absolute atomic E-state index is 0.00482. The normalized spacial score (nSPS) is 12.4. The summed E-state index contributed by atoms with van der Waals surface area (Å²) in [6.07, 6.45) is 0.325. The van der Waals surface area contributed by atoms with Crippen molar-refractivity contribution in [2.75, 3.05) is 18.0 Å². The van der Waals surface area contributed by atoms with Crippen LogP contribution in [0.3, 0.4) is 0 Å². The third kappa shape index (κ3) is 8.26. The Labute approximate surface area is 254 Å². The van der Waals surface area contributed by atoms with E-state index in [1.165, 1.54) is 29.2 Å². The van der Waals surface area contributed by atoms with Gasteiger partial charge in [0.2, 0.25) is 11.8 Å². The Morgan fingerprint density at radius 2 is 1.64 bits per heavy atom. The van der Waals surface area contributed by atoms with E-state index >= 15 is 0 Å². The van der Waals surface area contributed by atoms with Gasteiger partial charge in [0.1, 0.15) is 18.3 Å².